The van der Waals surface area contributed by atoms with E-state index in [2.05, 4.69) is 51.8 Å². The van der Waals surface area contributed by atoms with Crippen molar-refractivity contribution in [1.29, 1.82) is 0 Å². The second kappa shape index (κ2) is 9.00. The second-order valence-corrected chi connectivity index (χ2v) is 8.40. The molecule has 0 bridgehead atoms. The molecule has 0 radical (unpaired) electrons. The van der Waals surface area contributed by atoms with Gasteiger partial charge in [0, 0.05) is 43.7 Å². The molecule has 29 heavy (non-hydrogen) atoms. The number of benzene rings is 1. The highest BCUT2D eigenvalue weighted by Gasteiger charge is 2.23. The molecule has 1 aromatic carbocycles. The Morgan fingerprint density at radius 3 is 2.03 bits per heavy atom. The van der Waals surface area contributed by atoms with Gasteiger partial charge in [-0.15, -0.1) is 0 Å². The average molecular weight is 404 g/mol. The van der Waals surface area contributed by atoms with Gasteiger partial charge in [-0.05, 0) is 6.07 Å². The van der Waals surface area contributed by atoms with E-state index >= 15 is 0 Å². The molecule has 2 heterocycles. The molecule has 0 amide bonds. The summed E-state index contributed by atoms with van der Waals surface area (Å²) in [6, 6.07) is 3.98. The molecule has 1 fully saturated rings. The van der Waals surface area contributed by atoms with Gasteiger partial charge in [-0.25, -0.2) is 4.98 Å². The van der Waals surface area contributed by atoms with E-state index in [9.17, 15) is 0 Å². The summed E-state index contributed by atoms with van der Waals surface area (Å²) >= 11 is 0. The number of nitrogens with one attached hydrogen (secondary N) is 1. The van der Waals surface area contributed by atoms with Crippen LogP contribution in [0, 0.1) is 0 Å². The van der Waals surface area contributed by atoms with Crippen LogP contribution in [0.4, 0.5) is 0 Å². The van der Waals surface area contributed by atoms with Crippen LogP contribution in [0.5, 0.6) is 17.2 Å². The maximum absolute atomic E-state index is 5.62. The molecule has 1 aromatic heterocycles. The normalized spacial score (nSPS) is 16.1. The molecular formula is C21H33N5O3. The minimum atomic E-state index is -0.0358. The molecule has 1 aliphatic heterocycles. The Bertz CT molecular complexity index is 807. The Hall–Kier alpha value is -2.32. The molecule has 3 rings (SSSR count). The third kappa shape index (κ3) is 5.00. The minimum absolute atomic E-state index is 0.0358. The summed E-state index contributed by atoms with van der Waals surface area (Å²) in [6.07, 6.45) is 0. The van der Waals surface area contributed by atoms with Crippen LogP contribution >= 0.6 is 0 Å². The molecule has 8 nitrogen and oxygen atoms in total. The van der Waals surface area contributed by atoms with Gasteiger partial charge in [0.1, 0.15) is 5.82 Å². The minimum Gasteiger partial charge on any atom is -0.493 e. The number of ether oxygens (including phenoxy) is 3. The zero-order valence-electron chi connectivity index (χ0n) is 18.4. The maximum atomic E-state index is 5.62. The van der Waals surface area contributed by atoms with Gasteiger partial charge < -0.3 is 14.2 Å². The van der Waals surface area contributed by atoms with Gasteiger partial charge >= 0.3 is 0 Å². The highest BCUT2D eigenvalue weighted by atomic mass is 16.5. The zero-order valence-corrected chi connectivity index (χ0v) is 18.4. The fraction of sp³-hybridized carbons (Fsp3) is 0.619. The first-order valence-electron chi connectivity index (χ1n) is 10.00. The summed E-state index contributed by atoms with van der Waals surface area (Å²) in [5.74, 6) is 3.87. The van der Waals surface area contributed by atoms with E-state index in [1.165, 1.54) is 0 Å². The fourth-order valence-corrected chi connectivity index (χ4v) is 3.55. The lowest BCUT2D eigenvalue weighted by Gasteiger charge is -2.34. The molecule has 0 unspecified atom stereocenters. The van der Waals surface area contributed by atoms with Crippen molar-refractivity contribution in [2.45, 2.75) is 39.3 Å². The molecule has 1 aliphatic rings. The predicted molar refractivity (Wildman–Crippen MR) is 112 cm³/mol. The first-order valence-corrected chi connectivity index (χ1v) is 10.00. The van der Waals surface area contributed by atoms with Crippen LogP contribution in [0.15, 0.2) is 12.1 Å². The smallest absolute Gasteiger partial charge is 0.203 e. The molecule has 0 spiro atoms. The third-order valence-electron chi connectivity index (χ3n) is 5.22. The zero-order chi connectivity index (χ0) is 21.0. The van der Waals surface area contributed by atoms with E-state index in [1.807, 2.05) is 6.07 Å². The second-order valence-electron chi connectivity index (χ2n) is 8.40. The number of aromatic nitrogens is 3. The van der Waals surface area contributed by atoms with Crippen molar-refractivity contribution >= 4 is 0 Å². The predicted octanol–water partition coefficient (Wildman–Crippen LogP) is 2.45. The van der Waals surface area contributed by atoms with Crippen molar-refractivity contribution in [2.75, 3.05) is 47.5 Å². The Balaban J connectivity index is 1.58. The van der Waals surface area contributed by atoms with Gasteiger partial charge in [-0.2, -0.15) is 5.10 Å². The summed E-state index contributed by atoms with van der Waals surface area (Å²) in [5, 5.41) is 7.45. The maximum Gasteiger partial charge on any atom is 0.203 e. The van der Waals surface area contributed by atoms with Crippen LogP contribution in [-0.4, -0.2) is 72.5 Å². The summed E-state index contributed by atoms with van der Waals surface area (Å²) < 4.78 is 16.5. The molecule has 0 atom stereocenters. The summed E-state index contributed by atoms with van der Waals surface area (Å²) in [6.45, 7) is 11.9. The van der Waals surface area contributed by atoms with E-state index in [-0.39, 0.29) is 5.41 Å². The van der Waals surface area contributed by atoms with Crippen LogP contribution < -0.4 is 14.2 Å². The standard InChI is InChI=1S/C21H33N5O3/c1-21(2,3)20-22-17(23-24-20)14-26-11-9-25(10-12-26)13-15-7-8-16(27-4)19(29-6)18(15)28-5/h7-8H,9-14H2,1-6H3,(H,22,23,24). The lowest BCUT2D eigenvalue weighted by molar-refractivity contribution is 0.119. The van der Waals surface area contributed by atoms with Crippen LogP contribution in [0.3, 0.4) is 0 Å². The monoisotopic (exact) mass is 403 g/mol. The van der Waals surface area contributed by atoms with Crippen LogP contribution in [-0.2, 0) is 18.5 Å². The van der Waals surface area contributed by atoms with Gasteiger partial charge in [0.2, 0.25) is 5.75 Å². The number of nitrogens with zero attached hydrogens (tertiary/aromatic N) is 4. The van der Waals surface area contributed by atoms with Crippen molar-refractivity contribution < 1.29 is 14.2 Å². The number of aromatic amines is 1. The number of methoxy groups -OCH3 is 3. The van der Waals surface area contributed by atoms with Gasteiger partial charge in [-0.3, -0.25) is 14.9 Å². The highest BCUT2D eigenvalue weighted by molar-refractivity contribution is 5.55. The van der Waals surface area contributed by atoms with Crippen molar-refractivity contribution in [1.82, 2.24) is 25.0 Å². The molecule has 8 heteroatoms. The van der Waals surface area contributed by atoms with E-state index in [1.54, 1.807) is 21.3 Å². The van der Waals surface area contributed by atoms with Crippen molar-refractivity contribution in [3.05, 3.63) is 29.3 Å². The number of piperazine rings is 1. The highest BCUT2D eigenvalue weighted by Crippen LogP contribution is 2.40. The first-order chi connectivity index (χ1) is 13.9. The van der Waals surface area contributed by atoms with E-state index in [4.69, 9.17) is 14.2 Å². The lowest BCUT2D eigenvalue weighted by atomic mass is 9.96. The first kappa shape index (κ1) is 21.4. The molecule has 2 aromatic rings. The number of hydrogen-bond donors (Lipinski definition) is 1. The molecule has 0 aliphatic carbocycles. The molecule has 1 saturated heterocycles. The van der Waals surface area contributed by atoms with Crippen molar-refractivity contribution in [3.8, 4) is 17.2 Å². The van der Waals surface area contributed by atoms with Crippen LogP contribution in [0.25, 0.3) is 0 Å². The molecule has 0 saturated carbocycles. The number of H-pyrrole nitrogens is 1. The van der Waals surface area contributed by atoms with Crippen LogP contribution in [0.1, 0.15) is 38.0 Å². The molecule has 1 N–H and O–H groups in total. The van der Waals surface area contributed by atoms with Gasteiger partial charge in [-0.1, -0.05) is 26.8 Å². The van der Waals surface area contributed by atoms with E-state index in [0.717, 1.165) is 62.2 Å². The van der Waals surface area contributed by atoms with Crippen molar-refractivity contribution in [3.63, 3.8) is 0 Å². The summed E-state index contributed by atoms with van der Waals surface area (Å²) in [5.41, 5.74) is 1.06. The average Bonchev–Trinajstić information content (AvgIpc) is 3.18. The van der Waals surface area contributed by atoms with Crippen molar-refractivity contribution in [2.24, 2.45) is 0 Å². The van der Waals surface area contributed by atoms with Gasteiger partial charge in [0.25, 0.3) is 0 Å². The Morgan fingerprint density at radius 2 is 1.52 bits per heavy atom. The Kier molecular flexibility index (Phi) is 6.64. The summed E-state index contributed by atoms with van der Waals surface area (Å²) in [4.78, 5) is 9.50. The number of rotatable bonds is 7. The van der Waals surface area contributed by atoms with Gasteiger partial charge in [0.05, 0.1) is 27.9 Å². The quantitative estimate of drug-likeness (QED) is 0.761. The molecule has 160 valence electrons. The Morgan fingerprint density at radius 1 is 0.897 bits per heavy atom. The topological polar surface area (TPSA) is 75.7 Å². The fourth-order valence-electron chi connectivity index (χ4n) is 3.55. The largest absolute Gasteiger partial charge is 0.493 e. The third-order valence-corrected chi connectivity index (χ3v) is 5.22. The SMILES string of the molecule is COc1ccc(CN2CCN(Cc3nc(C(C)(C)C)n[nH]3)CC2)c(OC)c1OC. The Labute approximate surface area is 173 Å². The summed E-state index contributed by atoms with van der Waals surface area (Å²) in [7, 11) is 4.94. The van der Waals surface area contributed by atoms with E-state index in [0.29, 0.717) is 11.5 Å². The number of hydrogen-bond acceptors (Lipinski definition) is 7. The van der Waals surface area contributed by atoms with Gasteiger partial charge in [0.15, 0.2) is 17.3 Å². The van der Waals surface area contributed by atoms with Crippen LogP contribution in [0.2, 0.25) is 0 Å². The van der Waals surface area contributed by atoms with E-state index < -0.39 is 0 Å². The molecular weight excluding hydrogens is 370 g/mol. The lowest BCUT2D eigenvalue weighted by Crippen LogP contribution is -2.45.